The molecule has 0 bridgehead atoms. The van der Waals surface area contributed by atoms with E-state index in [1.807, 2.05) is 12.3 Å². The Bertz CT molecular complexity index is 490. The van der Waals surface area contributed by atoms with E-state index in [9.17, 15) is 0 Å². The minimum Gasteiger partial charge on any atom is -0.474 e. The van der Waals surface area contributed by atoms with Gasteiger partial charge in [-0.25, -0.2) is 4.98 Å². The Morgan fingerprint density at radius 3 is 2.52 bits per heavy atom. The number of pyridine rings is 1. The Hall–Kier alpha value is -1.05. The van der Waals surface area contributed by atoms with Crippen molar-refractivity contribution in [3.8, 4) is 5.88 Å². The predicted molar refractivity (Wildman–Crippen MR) is 106 cm³/mol. The molecule has 23 heavy (non-hydrogen) atoms. The SMILES string of the molecule is CN=C(NCc1ccc(OC2CCCC2)nc1)NC(C)(C)C.I. The van der Waals surface area contributed by atoms with Gasteiger partial charge in [-0.1, -0.05) is 6.07 Å². The van der Waals surface area contributed by atoms with Gasteiger partial charge in [-0.3, -0.25) is 4.99 Å². The molecular formula is C17H29IN4O. The highest BCUT2D eigenvalue weighted by Gasteiger charge is 2.16. The first kappa shape index (κ1) is 20.0. The molecule has 5 nitrogen and oxygen atoms in total. The third-order valence-corrected chi connectivity index (χ3v) is 3.56. The van der Waals surface area contributed by atoms with Gasteiger partial charge in [0, 0.05) is 31.4 Å². The number of nitrogens with one attached hydrogen (secondary N) is 2. The van der Waals surface area contributed by atoms with Gasteiger partial charge >= 0.3 is 0 Å². The zero-order chi connectivity index (χ0) is 16.0. The van der Waals surface area contributed by atoms with Gasteiger partial charge in [0.15, 0.2) is 5.96 Å². The van der Waals surface area contributed by atoms with E-state index in [2.05, 4.69) is 47.4 Å². The van der Waals surface area contributed by atoms with Gasteiger partial charge in [0.05, 0.1) is 0 Å². The van der Waals surface area contributed by atoms with E-state index in [-0.39, 0.29) is 29.5 Å². The summed E-state index contributed by atoms with van der Waals surface area (Å²) in [5, 5.41) is 6.62. The van der Waals surface area contributed by atoms with Crippen molar-refractivity contribution in [1.82, 2.24) is 15.6 Å². The Kier molecular flexibility index (Phi) is 8.08. The van der Waals surface area contributed by atoms with Crippen molar-refractivity contribution in [2.75, 3.05) is 7.05 Å². The van der Waals surface area contributed by atoms with Crippen LogP contribution < -0.4 is 15.4 Å². The van der Waals surface area contributed by atoms with Gasteiger partial charge in [-0.15, -0.1) is 24.0 Å². The van der Waals surface area contributed by atoms with E-state index in [4.69, 9.17) is 4.74 Å². The molecule has 1 aromatic heterocycles. The summed E-state index contributed by atoms with van der Waals surface area (Å²) in [4.78, 5) is 8.62. The maximum atomic E-state index is 5.88. The standard InChI is InChI=1S/C17H28N4O.HI/c1-17(2,3)21-16(18-4)20-12-13-9-10-15(19-11-13)22-14-7-5-6-8-14;/h9-11,14H,5-8,12H2,1-4H3,(H2,18,20,21);1H. The molecular weight excluding hydrogens is 403 g/mol. The average molecular weight is 432 g/mol. The van der Waals surface area contributed by atoms with Crippen molar-refractivity contribution < 1.29 is 4.74 Å². The van der Waals surface area contributed by atoms with E-state index in [1.165, 1.54) is 12.8 Å². The molecule has 1 aromatic rings. The number of aliphatic imine (C=N–C) groups is 1. The van der Waals surface area contributed by atoms with Gasteiger partial charge in [-0.05, 0) is 52.0 Å². The van der Waals surface area contributed by atoms with Crippen LogP contribution in [0.2, 0.25) is 0 Å². The monoisotopic (exact) mass is 432 g/mol. The van der Waals surface area contributed by atoms with Gasteiger partial charge in [0.2, 0.25) is 5.88 Å². The number of halogens is 1. The highest BCUT2D eigenvalue weighted by Crippen LogP contribution is 2.22. The minimum atomic E-state index is -0.0148. The van der Waals surface area contributed by atoms with E-state index in [1.54, 1.807) is 7.05 Å². The fourth-order valence-electron chi connectivity index (χ4n) is 2.48. The summed E-state index contributed by atoms with van der Waals surface area (Å²) in [7, 11) is 1.78. The lowest BCUT2D eigenvalue weighted by atomic mass is 10.1. The van der Waals surface area contributed by atoms with Crippen LogP contribution in [0.5, 0.6) is 5.88 Å². The third-order valence-electron chi connectivity index (χ3n) is 3.56. The van der Waals surface area contributed by atoms with Gasteiger partial charge in [-0.2, -0.15) is 0 Å². The van der Waals surface area contributed by atoms with Crippen molar-refractivity contribution in [2.45, 2.75) is 64.6 Å². The largest absolute Gasteiger partial charge is 0.474 e. The topological polar surface area (TPSA) is 58.5 Å². The Balaban J connectivity index is 0.00000264. The molecule has 1 aliphatic carbocycles. The highest BCUT2D eigenvalue weighted by molar-refractivity contribution is 14.0. The number of rotatable bonds is 4. The summed E-state index contributed by atoms with van der Waals surface area (Å²) in [6, 6.07) is 4.00. The average Bonchev–Trinajstić information content (AvgIpc) is 2.97. The van der Waals surface area contributed by atoms with E-state index in [0.717, 1.165) is 30.2 Å². The van der Waals surface area contributed by atoms with Crippen LogP contribution in [0, 0.1) is 0 Å². The summed E-state index contributed by atoms with van der Waals surface area (Å²) in [5.41, 5.74) is 1.09. The Labute approximate surface area is 156 Å². The number of hydrogen-bond acceptors (Lipinski definition) is 3. The van der Waals surface area contributed by atoms with Crippen LogP contribution in [0.25, 0.3) is 0 Å². The Morgan fingerprint density at radius 1 is 1.30 bits per heavy atom. The molecule has 1 saturated carbocycles. The number of ether oxygens (including phenoxy) is 1. The smallest absolute Gasteiger partial charge is 0.213 e. The quantitative estimate of drug-likeness (QED) is 0.435. The maximum absolute atomic E-state index is 5.88. The number of guanidine groups is 1. The molecule has 130 valence electrons. The summed E-state index contributed by atoms with van der Waals surface area (Å²) in [5.74, 6) is 1.52. The van der Waals surface area contributed by atoms with Gasteiger partial charge in [0.1, 0.15) is 6.10 Å². The molecule has 1 aliphatic rings. The zero-order valence-corrected chi connectivity index (χ0v) is 16.9. The fourth-order valence-corrected chi connectivity index (χ4v) is 2.48. The van der Waals surface area contributed by atoms with Crippen LogP contribution in [0.15, 0.2) is 23.3 Å². The summed E-state index contributed by atoms with van der Waals surface area (Å²) in [6.07, 6.45) is 7.06. The van der Waals surface area contributed by atoms with Gasteiger partial charge in [0.25, 0.3) is 0 Å². The third kappa shape index (κ3) is 7.37. The summed E-state index contributed by atoms with van der Waals surface area (Å²) < 4.78 is 5.88. The number of aromatic nitrogens is 1. The molecule has 0 aromatic carbocycles. The lowest BCUT2D eigenvalue weighted by Gasteiger charge is -2.23. The molecule has 2 rings (SSSR count). The highest BCUT2D eigenvalue weighted by atomic mass is 127. The van der Waals surface area contributed by atoms with Crippen LogP contribution in [0.1, 0.15) is 52.0 Å². The molecule has 0 amide bonds. The summed E-state index contributed by atoms with van der Waals surface area (Å²) >= 11 is 0. The molecule has 0 saturated heterocycles. The van der Waals surface area contributed by atoms with Crippen molar-refractivity contribution in [1.29, 1.82) is 0 Å². The zero-order valence-electron chi connectivity index (χ0n) is 14.6. The molecule has 2 N–H and O–H groups in total. The van der Waals surface area contributed by atoms with E-state index in [0.29, 0.717) is 12.6 Å². The van der Waals surface area contributed by atoms with Crippen LogP contribution in [0.3, 0.4) is 0 Å². The second kappa shape index (κ2) is 9.30. The van der Waals surface area contributed by atoms with Crippen molar-refractivity contribution in [3.63, 3.8) is 0 Å². The van der Waals surface area contributed by atoms with Crippen LogP contribution in [-0.2, 0) is 6.54 Å². The molecule has 6 heteroatoms. The second-order valence-corrected chi connectivity index (χ2v) is 6.83. The van der Waals surface area contributed by atoms with Crippen LogP contribution in [0.4, 0.5) is 0 Å². The minimum absolute atomic E-state index is 0. The number of nitrogens with zero attached hydrogens (tertiary/aromatic N) is 2. The molecule has 0 radical (unpaired) electrons. The van der Waals surface area contributed by atoms with Gasteiger partial charge < -0.3 is 15.4 Å². The normalized spacial score (nSPS) is 15.9. The molecule has 1 fully saturated rings. The maximum Gasteiger partial charge on any atom is 0.213 e. The lowest BCUT2D eigenvalue weighted by molar-refractivity contribution is 0.201. The fraction of sp³-hybridized carbons (Fsp3) is 0.647. The lowest BCUT2D eigenvalue weighted by Crippen LogP contribution is -2.47. The molecule has 1 heterocycles. The summed E-state index contributed by atoms with van der Waals surface area (Å²) in [6.45, 7) is 7.01. The van der Waals surface area contributed by atoms with E-state index < -0.39 is 0 Å². The first-order chi connectivity index (χ1) is 10.5. The molecule has 0 atom stereocenters. The molecule has 0 aliphatic heterocycles. The van der Waals surface area contributed by atoms with Crippen molar-refractivity contribution in [2.24, 2.45) is 4.99 Å². The Morgan fingerprint density at radius 2 is 2.00 bits per heavy atom. The molecule has 0 spiro atoms. The van der Waals surface area contributed by atoms with Crippen LogP contribution in [-0.4, -0.2) is 29.6 Å². The van der Waals surface area contributed by atoms with Crippen molar-refractivity contribution in [3.05, 3.63) is 23.9 Å². The second-order valence-electron chi connectivity index (χ2n) is 6.83. The van der Waals surface area contributed by atoms with Crippen molar-refractivity contribution >= 4 is 29.9 Å². The number of hydrogen-bond donors (Lipinski definition) is 2. The predicted octanol–water partition coefficient (Wildman–Crippen LogP) is 3.48. The van der Waals surface area contributed by atoms with E-state index >= 15 is 0 Å². The first-order valence-corrected chi connectivity index (χ1v) is 8.07. The van der Waals surface area contributed by atoms with Crippen LogP contribution >= 0.6 is 24.0 Å². The molecule has 0 unspecified atom stereocenters. The first-order valence-electron chi connectivity index (χ1n) is 8.07.